The van der Waals surface area contributed by atoms with Crippen molar-refractivity contribution >= 4 is 63.8 Å². The fourth-order valence-corrected chi connectivity index (χ4v) is 15.3. The van der Waals surface area contributed by atoms with Gasteiger partial charge in [-0.3, -0.25) is 19.4 Å². The lowest BCUT2D eigenvalue weighted by Gasteiger charge is -2.29. The highest BCUT2D eigenvalue weighted by Crippen LogP contribution is 2.39. The Hall–Kier alpha value is -9.13. The van der Waals surface area contributed by atoms with Gasteiger partial charge in [0.05, 0.1) is 66.8 Å². The van der Waals surface area contributed by atoms with Crippen LogP contribution in [0.5, 0.6) is 23.0 Å². The molecule has 20 heteroatoms. The number of hydrogen-bond donors (Lipinski definition) is 0. The van der Waals surface area contributed by atoms with Gasteiger partial charge < -0.3 is 23.5 Å². The van der Waals surface area contributed by atoms with Gasteiger partial charge in [0.1, 0.15) is 53.1 Å². The van der Waals surface area contributed by atoms with Gasteiger partial charge >= 0.3 is 0 Å². The van der Waals surface area contributed by atoms with Gasteiger partial charge in [-0.05, 0) is 216 Å². The van der Waals surface area contributed by atoms with E-state index in [4.69, 9.17) is 86.4 Å². The molecule has 4 aliphatic carbocycles. The van der Waals surface area contributed by atoms with Crippen molar-refractivity contribution in [2.75, 3.05) is 0 Å². The minimum Gasteiger partial charge on any atom is -0.490 e. The standard InChI is InChI=1S/C24H26ClNO2.C23H25ClN2O2.C22H24ClN3O2.C20H24ClN3O/c1-16(2)18-5-7-19(8-6-18)24(27)13-17-3-10-21(11-4-17)28-22-12-9-20(15-26)23(25)14-22;1-15(2)22-10-6-18(14-26-22)23(27)11-16-3-7-19(8-4-16)28-20-9-5-17(13-25)21(24)12-20;1-14(2)17-12-25-22(26-13-17)21(27)9-15-3-6-18(7-4-15)28-19-8-5-16(11-24)20(23)10-19;1-13(2)19-12-23-20(24(19)3)14-4-7-16(8-5-14)25-17-9-6-15(11-22)18(21)10-17/h5-9,12,14,16-17,21H,3-4,10-11,13H2,1-2H3;5-6,9-10,12,14-16,19H,3-4,7-8,11H2,1-2H3;5,8,10,12-15,18H,3-4,6-7,9H2,1-2H3;6,9-10,12-14,16H,4-5,7-8H2,1-3H3. The fraction of sp³-hybridized carbons (Fsp3) is 0.449. The number of aromatic nitrogens is 5. The summed E-state index contributed by atoms with van der Waals surface area (Å²) >= 11 is 24.3. The highest BCUT2D eigenvalue weighted by Gasteiger charge is 2.31. The number of Topliss-reactive ketones (excluding diaryl/α,β-unsaturated/α-hetero) is 3. The van der Waals surface area contributed by atoms with Crippen molar-refractivity contribution < 1.29 is 33.3 Å². The summed E-state index contributed by atoms with van der Waals surface area (Å²) in [5, 5.41) is 37.5. The Kier molecular flexibility index (Phi) is 31.6. The molecule has 4 fully saturated rings. The second-order valence-electron chi connectivity index (χ2n) is 30.4. The molecule has 0 spiro atoms. The van der Waals surface area contributed by atoms with Crippen LogP contribution in [-0.2, 0) is 7.05 Å². The minimum absolute atomic E-state index is 0.0125. The molecule has 570 valence electrons. The Morgan fingerprint density at radius 3 is 1.06 bits per heavy atom. The Balaban J connectivity index is 0.000000168. The van der Waals surface area contributed by atoms with Crippen LogP contribution >= 0.6 is 46.4 Å². The van der Waals surface area contributed by atoms with Crippen LogP contribution in [0.15, 0.2) is 134 Å². The van der Waals surface area contributed by atoms with Crippen LogP contribution in [0.1, 0.15) is 289 Å². The van der Waals surface area contributed by atoms with Gasteiger partial charge in [0.2, 0.25) is 0 Å². The average molecular weight is 1550 g/mol. The summed E-state index contributed by atoms with van der Waals surface area (Å²) < 4.78 is 26.4. The Labute approximate surface area is 663 Å². The largest absolute Gasteiger partial charge is 0.490 e. The number of benzene rings is 5. The second-order valence-corrected chi connectivity index (χ2v) is 32.1. The molecule has 0 bridgehead atoms. The van der Waals surface area contributed by atoms with Crippen molar-refractivity contribution in [2.24, 2.45) is 24.8 Å². The number of pyridine rings is 1. The molecule has 0 amide bonds. The van der Waals surface area contributed by atoms with Crippen LogP contribution in [0.3, 0.4) is 0 Å². The summed E-state index contributed by atoms with van der Waals surface area (Å²) in [5.41, 5.74) is 7.95. The van der Waals surface area contributed by atoms with E-state index in [1.165, 1.54) is 17.1 Å². The summed E-state index contributed by atoms with van der Waals surface area (Å²) in [6.07, 6.45) is 24.9. The van der Waals surface area contributed by atoms with E-state index in [1.807, 2.05) is 48.7 Å². The van der Waals surface area contributed by atoms with Crippen LogP contribution in [-0.4, -0.2) is 66.3 Å². The summed E-state index contributed by atoms with van der Waals surface area (Å²) in [7, 11) is 2.12. The van der Waals surface area contributed by atoms with E-state index in [-0.39, 0.29) is 41.8 Å². The highest BCUT2D eigenvalue weighted by atomic mass is 35.5. The monoisotopic (exact) mass is 1550 g/mol. The van der Waals surface area contributed by atoms with E-state index >= 15 is 0 Å². The van der Waals surface area contributed by atoms with Crippen LogP contribution in [0.25, 0.3) is 0 Å². The maximum absolute atomic E-state index is 12.6. The zero-order chi connectivity index (χ0) is 78.3. The smallest absolute Gasteiger partial charge is 0.200 e. The van der Waals surface area contributed by atoms with E-state index in [9.17, 15) is 14.4 Å². The topological polar surface area (TPSA) is 240 Å². The van der Waals surface area contributed by atoms with Gasteiger partial charge in [-0.15, -0.1) is 0 Å². The zero-order valence-electron chi connectivity index (χ0n) is 64.0. The molecule has 0 unspecified atom stereocenters. The Morgan fingerprint density at radius 1 is 0.394 bits per heavy atom. The fourth-order valence-electron chi connectivity index (χ4n) is 14.4. The summed E-state index contributed by atoms with van der Waals surface area (Å²) in [6, 6.07) is 40.9. The van der Waals surface area contributed by atoms with Crippen molar-refractivity contribution in [2.45, 2.75) is 231 Å². The molecule has 3 aromatic heterocycles. The number of imidazole rings is 1. The number of carbonyl (C=O) groups excluding carboxylic acids is 3. The van der Waals surface area contributed by atoms with Crippen molar-refractivity contribution in [1.29, 1.82) is 21.0 Å². The Morgan fingerprint density at radius 2 is 0.743 bits per heavy atom. The first kappa shape index (κ1) is 83.9. The third kappa shape index (κ3) is 24.7. The lowest BCUT2D eigenvalue weighted by molar-refractivity contribution is 0.0889. The average Bonchev–Trinajstić information content (AvgIpc) is 1.69. The molecule has 8 aromatic rings. The highest BCUT2D eigenvalue weighted by molar-refractivity contribution is 6.33. The van der Waals surface area contributed by atoms with E-state index in [1.54, 1.807) is 85.3 Å². The van der Waals surface area contributed by atoms with Gasteiger partial charge in [-0.2, -0.15) is 21.0 Å². The lowest BCUT2D eigenvalue weighted by Crippen LogP contribution is -2.25. The second kappa shape index (κ2) is 41.1. The number of carbonyl (C=O) groups is 3. The van der Waals surface area contributed by atoms with Crippen LogP contribution < -0.4 is 18.9 Å². The van der Waals surface area contributed by atoms with Crippen LogP contribution in [0.4, 0.5) is 0 Å². The number of rotatable bonds is 22. The molecule has 3 heterocycles. The molecule has 12 rings (SSSR count). The summed E-state index contributed by atoms with van der Waals surface area (Å²) in [5.74, 6) is 8.09. The SMILES string of the molecule is CC(C)c1ccc(C(=O)CC2CCC(Oc3ccc(C#N)c(Cl)c3)CC2)cc1.CC(C)c1ccc(C(=O)CC2CCC(Oc3ccc(C#N)c(Cl)c3)CC2)cn1.CC(C)c1cnc(C(=O)CC2CCC(Oc3ccc(C#N)c(Cl)c3)CC2)nc1.CC(C)c1cnc(C2CCC(Oc3ccc(C#N)c(Cl)c3)CC2)n1C. The zero-order valence-corrected chi connectivity index (χ0v) is 67.0. The Bertz CT molecular complexity index is 4170. The lowest BCUT2D eigenvalue weighted by atomic mass is 9.83. The number of halogens is 4. The maximum atomic E-state index is 12.6. The van der Waals surface area contributed by atoms with Gasteiger partial charge in [-0.25, -0.2) is 15.0 Å². The quantitative estimate of drug-likeness (QED) is 0.0573. The molecule has 0 radical (unpaired) electrons. The molecule has 4 saturated carbocycles. The first-order valence-electron chi connectivity index (χ1n) is 38.3. The number of ether oxygens (including phenoxy) is 4. The molecular weight excluding hydrogens is 1450 g/mol. The van der Waals surface area contributed by atoms with Crippen LogP contribution in [0, 0.1) is 63.1 Å². The number of nitriles is 4. The van der Waals surface area contributed by atoms with E-state index < -0.39 is 0 Å². The normalized spacial score (nSPS) is 19.5. The van der Waals surface area contributed by atoms with E-state index in [0.29, 0.717) is 138 Å². The molecule has 0 N–H and O–H groups in total. The van der Waals surface area contributed by atoms with Gasteiger partial charge in [0, 0.05) is 104 Å². The molecule has 109 heavy (non-hydrogen) atoms. The van der Waals surface area contributed by atoms with Gasteiger partial charge in [-0.1, -0.05) is 126 Å². The maximum Gasteiger partial charge on any atom is 0.200 e. The number of hydrogen-bond acceptors (Lipinski definition) is 15. The third-order valence-electron chi connectivity index (χ3n) is 21.1. The van der Waals surface area contributed by atoms with E-state index in [2.05, 4.69) is 111 Å². The molecule has 0 aliphatic heterocycles. The first-order chi connectivity index (χ1) is 52.4. The predicted molar refractivity (Wildman–Crippen MR) is 429 cm³/mol. The third-order valence-corrected chi connectivity index (χ3v) is 22.4. The first-order valence-corrected chi connectivity index (χ1v) is 39.8. The van der Waals surface area contributed by atoms with Gasteiger partial charge in [0.15, 0.2) is 23.2 Å². The molecule has 0 atom stereocenters. The number of nitrogens with zero attached hydrogens (tertiary/aromatic N) is 9. The van der Waals surface area contributed by atoms with Gasteiger partial charge in [0.25, 0.3) is 0 Å². The minimum atomic E-state index is 0.0125. The van der Waals surface area contributed by atoms with Crippen molar-refractivity contribution in [1.82, 2.24) is 24.5 Å². The molecular formula is C89H99Cl4N9O7. The van der Waals surface area contributed by atoms with Crippen molar-refractivity contribution in [3.63, 3.8) is 0 Å². The molecule has 5 aromatic carbocycles. The molecule has 0 saturated heterocycles. The summed E-state index contributed by atoms with van der Waals surface area (Å²) in [6.45, 7) is 17.1. The predicted octanol–water partition coefficient (Wildman–Crippen LogP) is 23.0. The number of ketones is 3. The molecule has 16 nitrogen and oxygen atoms in total. The van der Waals surface area contributed by atoms with Crippen LogP contribution in [0.2, 0.25) is 20.1 Å². The summed E-state index contributed by atoms with van der Waals surface area (Å²) in [4.78, 5) is 55.2. The van der Waals surface area contributed by atoms with Crippen molar-refractivity contribution in [3.8, 4) is 47.3 Å². The van der Waals surface area contributed by atoms with Crippen molar-refractivity contribution in [3.05, 3.63) is 222 Å². The van der Waals surface area contributed by atoms with E-state index in [0.717, 1.165) is 125 Å². The molecule has 4 aliphatic rings.